The van der Waals surface area contributed by atoms with Crippen molar-refractivity contribution in [3.05, 3.63) is 29.8 Å². The second-order valence-corrected chi connectivity index (χ2v) is 6.30. The Morgan fingerprint density at radius 1 is 1.21 bits per heavy atom. The molecule has 0 heterocycles. The second-order valence-electron chi connectivity index (χ2n) is 6.30. The zero-order chi connectivity index (χ0) is 14.3. The molecule has 0 fully saturated rings. The van der Waals surface area contributed by atoms with Crippen LogP contribution in [0.25, 0.3) is 0 Å². The Bertz CT molecular complexity index is 368. The first-order valence-electron chi connectivity index (χ1n) is 7.33. The summed E-state index contributed by atoms with van der Waals surface area (Å²) in [6.07, 6.45) is 3.56. The molecule has 19 heavy (non-hydrogen) atoms. The molecule has 0 saturated heterocycles. The molecule has 1 unspecified atom stereocenters. The molecular weight excluding hydrogens is 234 g/mol. The molecule has 0 aliphatic heterocycles. The van der Waals surface area contributed by atoms with E-state index in [4.69, 9.17) is 4.74 Å². The summed E-state index contributed by atoms with van der Waals surface area (Å²) in [6, 6.07) is 8.36. The quantitative estimate of drug-likeness (QED) is 0.801. The lowest BCUT2D eigenvalue weighted by Crippen LogP contribution is -2.39. The fraction of sp³-hybridized carbons (Fsp3) is 0.647. The van der Waals surface area contributed by atoms with Crippen molar-refractivity contribution in [2.45, 2.75) is 52.5 Å². The molecule has 0 radical (unpaired) electrons. The van der Waals surface area contributed by atoms with Gasteiger partial charge in [-0.05, 0) is 57.7 Å². The van der Waals surface area contributed by atoms with Gasteiger partial charge in [-0.15, -0.1) is 0 Å². The Labute approximate surface area is 118 Å². The highest BCUT2D eigenvalue weighted by molar-refractivity contribution is 5.33. The Morgan fingerprint density at radius 2 is 1.89 bits per heavy atom. The van der Waals surface area contributed by atoms with Gasteiger partial charge < -0.3 is 10.1 Å². The largest absolute Gasteiger partial charge is 0.496 e. The minimum atomic E-state index is 0.187. The van der Waals surface area contributed by atoms with E-state index in [1.165, 1.54) is 18.4 Å². The monoisotopic (exact) mass is 263 g/mol. The smallest absolute Gasteiger partial charge is 0.122 e. The molecule has 0 aromatic heterocycles. The summed E-state index contributed by atoms with van der Waals surface area (Å²) >= 11 is 0. The molecule has 0 saturated carbocycles. The highest BCUT2D eigenvalue weighted by Gasteiger charge is 2.15. The van der Waals surface area contributed by atoms with Gasteiger partial charge in [-0.3, -0.25) is 0 Å². The molecule has 0 aliphatic rings. The van der Waals surface area contributed by atoms with Gasteiger partial charge in [-0.2, -0.15) is 0 Å². The van der Waals surface area contributed by atoms with Crippen LogP contribution in [0.5, 0.6) is 5.75 Å². The third-order valence-corrected chi connectivity index (χ3v) is 3.32. The zero-order valence-corrected chi connectivity index (χ0v) is 13.1. The number of methoxy groups -OCH3 is 1. The third kappa shape index (κ3) is 6.11. The molecule has 1 rings (SSSR count). The van der Waals surface area contributed by atoms with E-state index in [1.807, 2.05) is 6.07 Å². The van der Waals surface area contributed by atoms with Gasteiger partial charge in [0.15, 0.2) is 0 Å². The van der Waals surface area contributed by atoms with E-state index in [0.717, 1.165) is 18.7 Å². The summed E-state index contributed by atoms with van der Waals surface area (Å²) in [7, 11) is 1.75. The summed E-state index contributed by atoms with van der Waals surface area (Å²) in [4.78, 5) is 0. The van der Waals surface area contributed by atoms with Crippen molar-refractivity contribution >= 4 is 0 Å². The Kier molecular flexibility index (Phi) is 6.36. The SMILES string of the molecule is CCCC(CNC(C)(C)C)Cc1ccccc1OC. The van der Waals surface area contributed by atoms with E-state index < -0.39 is 0 Å². The minimum Gasteiger partial charge on any atom is -0.496 e. The van der Waals surface area contributed by atoms with Crippen LogP contribution >= 0.6 is 0 Å². The Hall–Kier alpha value is -1.02. The summed E-state index contributed by atoms with van der Waals surface area (Å²) in [5.74, 6) is 1.68. The molecule has 2 heteroatoms. The van der Waals surface area contributed by atoms with Gasteiger partial charge in [0.05, 0.1) is 7.11 Å². The lowest BCUT2D eigenvalue weighted by molar-refractivity contribution is 0.349. The van der Waals surface area contributed by atoms with E-state index in [-0.39, 0.29) is 5.54 Å². The summed E-state index contributed by atoms with van der Waals surface area (Å²) in [5.41, 5.74) is 1.51. The van der Waals surface area contributed by atoms with Gasteiger partial charge >= 0.3 is 0 Å². The van der Waals surface area contributed by atoms with Crippen LogP contribution in [0.2, 0.25) is 0 Å². The third-order valence-electron chi connectivity index (χ3n) is 3.32. The van der Waals surface area contributed by atoms with E-state index >= 15 is 0 Å². The summed E-state index contributed by atoms with van der Waals surface area (Å²) in [6.45, 7) is 9.99. The van der Waals surface area contributed by atoms with Crippen LogP contribution in [0, 0.1) is 5.92 Å². The fourth-order valence-corrected chi connectivity index (χ4v) is 2.32. The van der Waals surface area contributed by atoms with Crippen LogP contribution in [0.15, 0.2) is 24.3 Å². The molecule has 1 atom stereocenters. The van der Waals surface area contributed by atoms with Crippen molar-refractivity contribution in [2.75, 3.05) is 13.7 Å². The Balaban J connectivity index is 2.66. The van der Waals surface area contributed by atoms with Crippen molar-refractivity contribution < 1.29 is 4.74 Å². The predicted molar refractivity (Wildman–Crippen MR) is 82.9 cm³/mol. The first-order chi connectivity index (χ1) is 8.96. The maximum atomic E-state index is 5.45. The highest BCUT2D eigenvalue weighted by atomic mass is 16.5. The van der Waals surface area contributed by atoms with Gasteiger partial charge in [0.1, 0.15) is 5.75 Å². The van der Waals surface area contributed by atoms with Gasteiger partial charge in [0.25, 0.3) is 0 Å². The van der Waals surface area contributed by atoms with E-state index in [2.05, 4.69) is 51.2 Å². The normalized spacial score (nSPS) is 13.3. The molecule has 0 amide bonds. The number of hydrogen-bond acceptors (Lipinski definition) is 2. The number of rotatable bonds is 7. The highest BCUT2D eigenvalue weighted by Crippen LogP contribution is 2.23. The van der Waals surface area contributed by atoms with Crippen LogP contribution in [0.4, 0.5) is 0 Å². The van der Waals surface area contributed by atoms with Gasteiger partial charge in [-0.25, -0.2) is 0 Å². The summed E-state index contributed by atoms with van der Waals surface area (Å²) in [5, 5.41) is 3.62. The molecule has 2 nitrogen and oxygen atoms in total. The zero-order valence-electron chi connectivity index (χ0n) is 13.1. The van der Waals surface area contributed by atoms with E-state index in [9.17, 15) is 0 Å². The lowest BCUT2D eigenvalue weighted by Gasteiger charge is -2.25. The number of para-hydroxylation sites is 1. The summed E-state index contributed by atoms with van der Waals surface area (Å²) < 4.78 is 5.45. The van der Waals surface area contributed by atoms with E-state index in [1.54, 1.807) is 7.11 Å². The second kappa shape index (κ2) is 7.54. The van der Waals surface area contributed by atoms with Crippen molar-refractivity contribution in [3.63, 3.8) is 0 Å². The fourth-order valence-electron chi connectivity index (χ4n) is 2.32. The molecule has 1 N–H and O–H groups in total. The van der Waals surface area contributed by atoms with Crippen LogP contribution in [0.1, 0.15) is 46.1 Å². The van der Waals surface area contributed by atoms with Crippen LogP contribution < -0.4 is 10.1 Å². The maximum Gasteiger partial charge on any atom is 0.122 e. The van der Waals surface area contributed by atoms with Crippen molar-refractivity contribution in [2.24, 2.45) is 5.92 Å². The minimum absolute atomic E-state index is 0.187. The van der Waals surface area contributed by atoms with Crippen molar-refractivity contribution in [1.82, 2.24) is 5.32 Å². The first-order valence-corrected chi connectivity index (χ1v) is 7.33. The van der Waals surface area contributed by atoms with Crippen molar-refractivity contribution in [1.29, 1.82) is 0 Å². The number of hydrogen-bond donors (Lipinski definition) is 1. The molecule has 0 bridgehead atoms. The van der Waals surface area contributed by atoms with Crippen LogP contribution in [-0.2, 0) is 6.42 Å². The topological polar surface area (TPSA) is 21.3 Å². The number of nitrogens with one attached hydrogen (secondary N) is 1. The number of ether oxygens (including phenoxy) is 1. The van der Waals surface area contributed by atoms with Gasteiger partial charge in [0.2, 0.25) is 0 Å². The van der Waals surface area contributed by atoms with Crippen LogP contribution in [-0.4, -0.2) is 19.2 Å². The standard InChI is InChI=1S/C17H29NO/c1-6-9-14(13-18-17(2,3)4)12-15-10-7-8-11-16(15)19-5/h7-8,10-11,14,18H,6,9,12-13H2,1-5H3. The molecule has 0 spiro atoms. The van der Waals surface area contributed by atoms with Gasteiger partial charge in [0, 0.05) is 5.54 Å². The molecule has 1 aromatic rings. The first kappa shape index (κ1) is 16.0. The van der Waals surface area contributed by atoms with Gasteiger partial charge in [-0.1, -0.05) is 31.5 Å². The van der Waals surface area contributed by atoms with Crippen molar-refractivity contribution in [3.8, 4) is 5.75 Å². The average molecular weight is 263 g/mol. The lowest BCUT2D eigenvalue weighted by atomic mass is 9.93. The van der Waals surface area contributed by atoms with Crippen LogP contribution in [0.3, 0.4) is 0 Å². The number of benzene rings is 1. The maximum absolute atomic E-state index is 5.45. The van der Waals surface area contributed by atoms with E-state index in [0.29, 0.717) is 5.92 Å². The average Bonchev–Trinajstić information content (AvgIpc) is 2.36. The molecule has 0 aliphatic carbocycles. The Morgan fingerprint density at radius 3 is 2.47 bits per heavy atom. The molecule has 108 valence electrons. The predicted octanol–water partition coefficient (Wildman–Crippen LogP) is 4.04. The molecular formula is C17H29NO. The molecule has 1 aromatic carbocycles.